The van der Waals surface area contributed by atoms with E-state index in [2.05, 4.69) is 5.32 Å². The Bertz CT molecular complexity index is 477. The number of hydrogen-bond donors (Lipinski definition) is 2. The van der Waals surface area contributed by atoms with Crippen molar-refractivity contribution in [3.8, 4) is 5.75 Å². The number of benzene rings is 2. The minimum Gasteiger partial charge on any atom is -0.506 e. The van der Waals surface area contributed by atoms with Gasteiger partial charge in [-0.25, -0.2) is 0 Å². The Morgan fingerprint density at radius 1 is 0.875 bits per heavy atom. The summed E-state index contributed by atoms with van der Waals surface area (Å²) < 4.78 is 0. The predicted molar refractivity (Wildman–Crippen MR) is 67.2 cm³/mol. The van der Waals surface area contributed by atoms with Gasteiger partial charge in [0.2, 0.25) is 0 Å². The van der Waals surface area contributed by atoms with E-state index in [1.807, 2.05) is 54.7 Å². The first kappa shape index (κ1) is 10.3. The summed E-state index contributed by atoms with van der Waals surface area (Å²) >= 11 is 0. The standard InChI is InChI=1S/C14H13NO/c16-14-9-5-4-8-13(14)15-11-10-12-6-2-1-3-7-12/h1-11,15-16H/b11-10+. The Kier molecular flexibility index (Phi) is 3.24. The zero-order chi connectivity index (χ0) is 11.2. The maximum absolute atomic E-state index is 9.51. The van der Waals surface area contributed by atoms with Crippen molar-refractivity contribution in [1.29, 1.82) is 0 Å². The molecule has 0 saturated heterocycles. The Balaban J connectivity index is 2.03. The van der Waals surface area contributed by atoms with E-state index in [-0.39, 0.29) is 5.75 Å². The molecule has 0 radical (unpaired) electrons. The van der Waals surface area contributed by atoms with Crippen molar-refractivity contribution in [3.05, 3.63) is 66.4 Å². The number of aromatic hydroxyl groups is 1. The Hall–Kier alpha value is -2.22. The van der Waals surface area contributed by atoms with Gasteiger partial charge < -0.3 is 10.4 Å². The second-order valence-corrected chi connectivity index (χ2v) is 3.41. The molecule has 0 saturated carbocycles. The minimum atomic E-state index is 0.250. The maximum Gasteiger partial charge on any atom is 0.138 e. The van der Waals surface area contributed by atoms with E-state index in [1.165, 1.54) is 0 Å². The van der Waals surface area contributed by atoms with Gasteiger partial charge >= 0.3 is 0 Å². The molecule has 2 heteroatoms. The molecule has 0 unspecified atom stereocenters. The Morgan fingerprint density at radius 3 is 2.31 bits per heavy atom. The van der Waals surface area contributed by atoms with Crippen LogP contribution in [-0.4, -0.2) is 5.11 Å². The molecule has 2 nitrogen and oxygen atoms in total. The second-order valence-electron chi connectivity index (χ2n) is 3.41. The van der Waals surface area contributed by atoms with Crippen LogP contribution in [0.5, 0.6) is 5.75 Å². The van der Waals surface area contributed by atoms with Crippen molar-refractivity contribution in [3.63, 3.8) is 0 Å². The summed E-state index contributed by atoms with van der Waals surface area (Å²) in [6, 6.07) is 17.1. The van der Waals surface area contributed by atoms with Crippen LogP contribution in [0.4, 0.5) is 5.69 Å². The third kappa shape index (κ3) is 2.64. The van der Waals surface area contributed by atoms with Gasteiger partial charge in [0.1, 0.15) is 5.75 Å². The van der Waals surface area contributed by atoms with Crippen LogP contribution >= 0.6 is 0 Å². The van der Waals surface area contributed by atoms with E-state index in [9.17, 15) is 5.11 Å². The zero-order valence-corrected chi connectivity index (χ0v) is 8.80. The van der Waals surface area contributed by atoms with Crippen LogP contribution in [0.1, 0.15) is 5.56 Å². The third-order valence-electron chi connectivity index (χ3n) is 2.22. The first-order valence-electron chi connectivity index (χ1n) is 5.12. The van der Waals surface area contributed by atoms with E-state index >= 15 is 0 Å². The normalized spacial score (nSPS) is 10.5. The molecule has 2 N–H and O–H groups in total. The lowest BCUT2D eigenvalue weighted by atomic mass is 10.2. The topological polar surface area (TPSA) is 32.3 Å². The second kappa shape index (κ2) is 5.03. The van der Waals surface area contributed by atoms with Gasteiger partial charge in [0, 0.05) is 6.20 Å². The number of rotatable bonds is 3. The highest BCUT2D eigenvalue weighted by Gasteiger charge is 1.94. The SMILES string of the molecule is Oc1ccccc1N/C=C/c1ccccc1. The van der Waals surface area contributed by atoms with E-state index in [0.29, 0.717) is 5.69 Å². The molecule has 80 valence electrons. The fraction of sp³-hybridized carbons (Fsp3) is 0. The van der Waals surface area contributed by atoms with Crippen LogP contribution < -0.4 is 5.32 Å². The highest BCUT2D eigenvalue weighted by molar-refractivity contribution is 5.60. The molecule has 2 aromatic carbocycles. The predicted octanol–water partition coefficient (Wildman–Crippen LogP) is 3.48. The first-order valence-corrected chi connectivity index (χ1v) is 5.12. The molecule has 0 heterocycles. The van der Waals surface area contributed by atoms with Crippen LogP contribution in [0.25, 0.3) is 6.08 Å². The largest absolute Gasteiger partial charge is 0.506 e. The summed E-state index contributed by atoms with van der Waals surface area (Å²) in [4.78, 5) is 0. The monoisotopic (exact) mass is 211 g/mol. The fourth-order valence-corrected chi connectivity index (χ4v) is 1.39. The molecule has 16 heavy (non-hydrogen) atoms. The smallest absolute Gasteiger partial charge is 0.138 e. The Labute approximate surface area is 94.9 Å². The molecule has 2 rings (SSSR count). The van der Waals surface area contributed by atoms with Gasteiger partial charge in [-0.15, -0.1) is 0 Å². The summed E-state index contributed by atoms with van der Waals surface area (Å²) in [5, 5.41) is 12.5. The van der Waals surface area contributed by atoms with Crippen molar-refractivity contribution in [2.24, 2.45) is 0 Å². The van der Waals surface area contributed by atoms with E-state index in [4.69, 9.17) is 0 Å². The number of anilines is 1. The van der Waals surface area contributed by atoms with E-state index in [1.54, 1.807) is 12.1 Å². The highest BCUT2D eigenvalue weighted by Crippen LogP contribution is 2.21. The summed E-state index contributed by atoms with van der Waals surface area (Å²) in [6.45, 7) is 0. The molecule has 0 fully saturated rings. The quantitative estimate of drug-likeness (QED) is 0.762. The van der Waals surface area contributed by atoms with E-state index < -0.39 is 0 Å². The van der Waals surface area contributed by atoms with Crippen LogP contribution in [0.2, 0.25) is 0 Å². The lowest BCUT2D eigenvalue weighted by Gasteiger charge is -2.02. The molecule has 0 aliphatic rings. The lowest BCUT2D eigenvalue weighted by molar-refractivity contribution is 0.478. The summed E-state index contributed by atoms with van der Waals surface area (Å²) in [5.74, 6) is 0.250. The number of phenols is 1. The minimum absolute atomic E-state index is 0.250. The van der Waals surface area contributed by atoms with Crippen LogP contribution in [-0.2, 0) is 0 Å². The van der Waals surface area contributed by atoms with Gasteiger partial charge in [0.25, 0.3) is 0 Å². The van der Waals surface area contributed by atoms with Gasteiger partial charge in [0.05, 0.1) is 5.69 Å². The van der Waals surface area contributed by atoms with Gasteiger partial charge in [-0.05, 0) is 23.8 Å². The number of nitrogens with one attached hydrogen (secondary N) is 1. The van der Waals surface area contributed by atoms with Crippen LogP contribution in [0, 0.1) is 0 Å². The van der Waals surface area contributed by atoms with Crippen molar-refractivity contribution >= 4 is 11.8 Å². The average Bonchev–Trinajstić information content (AvgIpc) is 2.33. The van der Waals surface area contributed by atoms with Gasteiger partial charge in [-0.1, -0.05) is 42.5 Å². The molecule has 0 amide bonds. The van der Waals surface area contributed by atoms with Gasteiger partial charge in [0.15, 0.2) is 0 Å². The van der Waals surface area contributed by atoms with Crippen molar-refractivity contribution in [2.45, 2.75) is 0 Å². The molecular formula is C14H13NO. The lowest BCUT2D eigenvalue weighted by Crippen LogP contribution is -1.86. The number of para-hydroxylation sites is 2. The molecule has 2 aromatic rings. The van der Waals surface area contributed by atoms with Crippen molar-refractivity contribution in [2.75, 3.05) is 5.32 Å². The average molecular weight is 211 g/mol. The molecule has 0 aliphatic carbocycles. The highest BCUT2D eigenvalue weighted by atomic mass is 16.3. The van der Waals surface area contributed by atoms with Crippen LogP contribution in [0.3, 0.4) is 0 Å². The first-order chi connectivity index (χ1) is 7.86. The van der Waals surface area contributed by atoms with Crippen molar-refractivity contribution < 1.29 is 5.11 Å². The molecule has 0 bridgehead atoms. The molecule has 0 aromatic heterocycles. The molecular weight excluding hydrogens is 198 g/mol. The van der Waals surface area contributed by atoms with Gasteiger partial charge in [-0.3, -0.25) is 0 Å². The number of phenolic OH excluding ortho intramolecular Hbond substituents is 1. The zero-order valence-electron chi connectivity index (χ0n) is 8.80. The third-order valence-corrected chi connectivity index (χ3v) is 2.22. The van der Waals surface area contributed by atoms with E-state index in [0.717, 1.165) is 5.56 Å². The molecule has 0 spiro atoms. The van der Waals surface area contributed by atoms with Crippen molar-refractivity contribution in [1.82, 2.24) is 0 Å². The number of hydrogen-bond acceptors (Lipinski definition) is 2. The summed E-state index contributed by atoms with van der Waals surface area (Å²) in [7, 11) is 0. The molecule has 0 atom stereocenters. The van der Waals surface area contributed by atoms with Gasteiger partial charge in [-0.2, -0.15) is 0 Å². The maximum atomic E-state index is 9.51. The molecule has 0 aliphatic heterocycles. The summed E-state index contributed by atoms with van der Waals surface area (Å²) in [5.41, 5.74) is 1.82. The fourth-order valence-electron chi connectivity index (χ4n) is 1.39. The Morgan fingerprint density at radius 2 is 1.56 bits per heavy atom. The van der Waals surface area contributed by atoms with Crippen LogP contribution in [0.15, 0.2) is 60.8 Å². The summed E-state index contributed by atoms with van der Waals surface area (Å²) in [6.07, 6.45) is 3.76.